The second kappa shape index (κ2) is 12.8. The number of rotatable bonds is 6. The fourth-order valence-corrected chi connectivity index (χ4v) is 8.05. The summed E-state index contributed by atoms with van der Waals surface area (Å²) < 4.78 is 4.65. The van der Waals surface area contributed by atoms with Crippen LogP contribution in [0.1, 0.15) is 5.56 Å². The third-order valence-electron chi connectivity index (χ3n) is 10.2. The van der Waals surface area contributed by atoms with E-state index in [1.165, 1.54) is 0 Å². The average Bonchev–Trinajstić information content (AvgIpc) is 3.77. The van der Waals surface area contributed by atoms with Crippen LogP contribution in [-0.4, -0.2) is 29.1 Å². The number of benzene rings is 4. The van der Waals surface area contributed by atoms with E-state index in [9.17, 15) is 5.26 Å². The van der Waals surface area contributed by atoms with Crippen molar-refractivity contribution in [3.8, 4) is 62.0 Å². The van der Waals surface area contributed by atoms with Crippen molar-refractivity contribution in [1.82, 2.24) is 29.1 Å². The van der Waals surface area contributed by atoms with Gasteiger partial charge in [0.25, 0.3) is 0 Å². The Balaban J connectivity index is 1.54. The van der Waals surface area contributed by atoms with Crippen molar-refractivity contribution in [2.45, 2.75) is 0 Å². The lowest BCUT2D eigenvalue weighted by molar-refractivity contribution is 1.06. The van der Waals surface area contributed by atoms with Crippen LogP contribution in [0.25, 0.3) is 88.7 Å². The number of fused-ring (bicyclic) bond motifs is 5. The van der Waals surface area contributed by atoms with Gasteiger partial charge < -0.3 is 0 Å². The molecule has 0 spiro atoms. The number of nitrogens with zero attached hydrogens (tertiary/aromatic N) is 7. The quantitative estimate of drug-likeness (QED) is 0.173. The minimum absolute atomic E-state index is 0.533. The van der Waals surface area contributed by atoms with Crippen LogP contribution in [0.5, 0.6) is 0 Å². The fraction of sp³-hybridized carbons (Fsp3) is 0. The van der Waals surface area contributed by atoms with E-state index in [1.54, 1.807) is 24.8 Å². The summed E-state index contributed by atoms with van der Waals surface area (Å²) in [5, 5.41) is 15.1. The number of para-hydroxylation sites is 3. The number of hydrogen-bond donors (Lipinski definition) is 0. The van der Waals surface area contributed by atoms with Gasteiger partial charge in [-0.3, -0.25) is 29.1 Å². The average molecular weight is 692 g/mol. The molecule has 6 aromatic heterocycles. The lowest BCUT2D eigenvalue weighted by Gasteiger charge is -2.27. The molecule has 0 bridgehead atoms. The standard InChI is InChI=1S/C47H29N7/c48-30-38-41(31-14-22-49-23-15-31)42(32-16-24-50-25-17-32)43(33-18-26-51-27-19-33)44(34-20-28-52-29-21-34)46(38)54-40-13-7-5-11-37(40)45-36-10-4-6-12-39(36)53(47(45)54)35-8-2-1-3-9-35/h1-29H. The van der Waals surface area contributed by atoms with Gasteiger partial charge in [-0.15, -0.1) is 0 Å². The summed E-state index contributed by atoms with van der Waals surface area (Å²) in [5.41, 5.74) is 12.6. The summed E-state index contributed by atoms with van der Waals surface area (Å²) in [6.07, 6.45) is 14.4. The molecule has 0 radical (unpaired) electrons. The van der Waals surface area contributed by atoms with Crippen molar-refractivity contribution in [1.29, 1.82) is 5.26 Å². The van der Waals surface area contributed by atoms with Gasteiger partial charge in [0, 0.05) is 88.1 Å². The van der Waals surface area contributed by atoms with Crippen molar-refractivity contribution < 1.29 is 0 Å². The van der Waals surface area contributed by atoms with Crippen molar-refractivity contribution in [2.24, 2.45) is 0 Å². The van der Waals surface area contributed by atoms with Crippen LogP contribution < -0.4 is 0 Å². The van der Waals surface area contributed by atoms with E-state index in [1.807, 2.05) is 79.4 Å². The highest BCUT2D eigenvalue weighted by atomic mass is 15.1. The summed E-state index contributed by atoms with van der Waals surface area (Å²) in [6.45, 7) is 0. The Morgan fingerprint density at radius 2 is 0.815 bits per heavy atom. The van der Waals surface area contributed by atoms with E-state index in [0.717, 1.165) is 88.7 Å². The van der Waals surface area contributed by atoms with Gasteiger partial charge in [0.05, 0.1) is 22.3 Å². The molecule has 0 aliphatic rings. The van der Waals surface area contributed by atoms with Gasteiger partial charge in [-0.25, -0.2) is 0 Å². The van der Waals surface area contributed by atoms with Crippen LogP contribution in [0, 0.1) is 11.3 Å². The molecule has 4 aromatic carbocycles. The summed E-state index contributed by atoms with van der Waals surface area (Å²) in [7, 11) is 0. The molecule has 0 aliphatic heterocycles. The van der Waals surface area contributed by atoms with E-state index < -0.39 is 0 Å². The maximum absolute atomic E-state index is 11.7. The first kappa shape index (κ1) is 31.1. The van der Waals surface area contributed by atoms with Crippen LogP contribution >= 0.6 is 0 Å². The van der Waals surface area contributed by atoms with Gasteiger partial charge in [0.15, 0.2) is 0 Å². The van der Waals surface area contributed by atoms with Crippen LogP contribution in [-0.2, 0) is 0 Å². The third kappa shape index (κ3) is 4.75. The topological polar surface area (TPSA) is 85.2 Å². The Morgan fingerprint density at radius 1 is 0.407 bits per heavy atom. The van der Waals surface area contributed by atoms with Crippen molar-refractivity contribution in [2.75, 3.05) is 0 Å². The molecule has 0 unspecified atom stereocenters. The van der Waals surface area contributed by atoms with Crippen molar-refractivity contribution in [3.63, 3.8) is 0 Å². The van der Waals surface area contributed by atoms with E-state index in [4.69, 9.17) is 0 Å². The van der Waals surface area contributed by atoms with Crippen molar-refractivity contribution in [3.05, 3.63) is 183 Å². The lowest BCUT2D eigenvalue weighted by Crippen LogP contribution is -2.09. The number of aromatic nitrogens is 6. The second-order valence-corrected chi connectivity index (χ2v) is 13.0. The highest BCUT2D eigenvalue weighted by Gasteiger charge is 2.32. The molecule has 0 saturated heterocycles. The highest BCUT2D eigenvalue weighted by molar-refractivity contribution is 6.23. The molecular formula is C47H29N7. The van der Waals surface area contributed by atoms with Crippen LogP contribution in [0.4, 0.5) is 0 Å². The minimum Gasteiger partial charge on any atom is -0.295 e. The maximum Gasteiger partial charge on any atom is 0.131 e. The first-order chi connectivity index (χ1) is 26.8. The molecule has 0 saturated carbocycles. The molecule has 7 heteroatoms. The summed E-state index contributed by atoms with van der Waals surface area (Å²) >= 11 is 0. The Bertz CT molecular complexity index is 3020. The molecule has 10 rings (SSSR count). The zero-order chi connectivity index (χ0) is 36.0. The first-order valence-corrected chi connectivity index (χ1v) is 17.7. The molecule has 10 aromatic rings. The van der Waals surface area contributed by atoms with Gasteiger partial charge in [-0.05, 0) is 101 Å². The molecule has 0 amide bonds. The zero-order valence-corrected chi connectivity index (χ0v) is 28.9. The van der Waals surface area contributed by atoms with Gasteiger partial charge in [-0.1, -0.05) is 54.6 Å². The van der Waals surface area contributed by atoms with Gasteiger partial charge in [-0.2, -0.15) is 5.26 Å². The van der Waals surface area contributed by atoms with Crippen LogP contribution in [0.2, 0.25) is 0 Å². The SMILES string of the molecule is N#Cc1c(-c2ccncc2)c(-c2ccncc2)c(-c2ccncc2)c(-c2ccncc2)c1-n1c2ccccc2c2c3ccccc3n(-c3ccccc3)c21. The second-order valence-electron chi connectivity index (χ2n) is 13.0. The van der Waals surface area contributed by atoms with E-state index in [2.05, 4.69) is 108 Å². The summed E-state index contributed by atoms with van der Waals surface area (Å²) in [5.74, 6) is 0. The zero-order valence-electron chi connectivity index (χ0n) is 28.9. The van der Waals surface area contributed by atoms with Gasteiger partial charge in [0.2, 0.25) is 0 Å². The van der Waals surface area contributed by atoms with Crippen LogP contribution in [0.15, 0.2) is 177 Å². The Morgan fingerprint density at radius 3 is 1.31 bits per heavy atom. The third-order valence-corrected chi connectivity index (χ3v) is 10.2. The smallest absolute Gasteiger partial charge is 0.131 e. The fourth-order valence-electron chi connectivity index (χ4n) is 8.05. The van der Waals surface area contributed by atoms with Crippen LogP contribution in [0.3, 0.4) is 0 Å². The molecule has 6 heterocycles. The Kier molecular flexibility index (Phi) is 7.38. The lowest BCUT2D eigenvalue weighted by atomic mass is 9.79. The number of nitriles is 1. The van der Waals surface area contributed by atoms with E-state index in [-0.39, 0.29) is 0 Å². The van der Waals surface area contributed by atoms with E-state index in [0.29, 0.717) is 5.56 Å². The summed E-state index contributed by atoms with van der Waals surface area (Å²) in [4.78, 5) is 17.6. The molecule has 0 fully saturated rings. The normalized spacial score (nSPS) is 11.3. The molecule has 0 atom stereocenters. The maximum atomic E-state index is 11.7. The molecule has 252 valence electrons. The minimum atomic E-state index is 0.533. The van der Waals surface area contributed by atoms with Crippen molar-refractivity contribution >= 4 is 32.8 Å². The largest absolute Gasteiger partial charge is 0.295 e. The Hall–Kier alpha value is -7.69. The summed E-state index contributed by atoms with van der Waals surface area (Å²) in [6, 6.07) is 46.4. The molecule has 0 N–H and O–H groups in total. The predicted octanol–water partition coefficient (Wildman–Crippen LogP) is 10.8. The Labute approximate surface area is 310 Å². The van der Waals surface area contributed by atoms with Gasteiger partial charge >= 0.3 is 0 Å². The number of hydrogen-bond acceptors (Lipinski definition) is 5. The van der Waals surface area contributed by atoms with Gasteiger partial charge in [0.1, 0.15) is 11.7 Å². The monoisotopic (exact) mass is 691 g/mol. The molecule has 7 nitrogen and oxygen atoms in total. The predicted molar refractivity (Wildman–Crippen MR) is 215 cm³/mol. The highest BCUT2D eigenvalue weighted by Crippen LogP contribution is 2.52. The molecule has 0 aliphatic carbocycles. The molecule has 54 heavy (non-hydrogen) atoms. The number of pyridine rings is 4. The first-order valence-electron chi connectivity index (χ1n) is 17.7. The van der Waals surface area contributed by atoms with E-state index >= 15 is 0 Å². The molecular weight excluding hydrogens is 663 g/mol.